The van der Waals surface area contributed by atoms with Crippen LogP contribution in [0.25, 0.3) is 0 Å². The summed E-state index contributed by atoms with van der Waals surface area (Å²) in [7, 11) is 0. The lowest BCUT2D eigenvalue weighted by molar-refractivity contribution is 0.116. The molecular formula is C11H22O. The van der Waals surface area contributed by atoms with E-state index < -0.39 is 0 Å². The van der Waals surface area contributed by atoms with Gasteiger partial charge in [-0.05, 0) is 17.8 Å². The van der Waals surface area contributed by atoms with Crippen molar-refractivity contribution in [1.29, 1.82) is 0 Å². The second kappa shape index (κ2) is 3.02. The molecule has 0 amide bonds. The molecule has 0 aliphatic heterocycles. The van der Waals surface area contributed by atoms with E-state index in [0.29, 0.717) is 12.0 Å². The summed E-state index contributed by atoms with van der Waals surface area (Å²) in [5.74, 6) is 0.720. The molecule has 1 rings (SSSR count). The van der Waals surface area contributed by atoms with Gasteiger partial charge in [0.25, 0.3) is 0 Å². The van der Waals surface area contributed by atoms with Crippen LogP contribution in [0.3, 0.4) is 0 Å². The highest BCUT2D eigenvalue weighted by Crippen LogP contribution is 2.68. The molecule has 1 fully saturated rings. The number of hydrogen-bond acceptors (Lipinski definition) is 1. The molecule has 1 heteroatoms. The third kappa shape index (κ3) is 1.19. The Morgan fingerprint density at radius 2 is 1.67 bits per heavy atom. The molecule has 1 aliphatic rings. The maximum Gasteiger partial charge on any atom is 0.0495 e. The molecule has 0 bridgehead atoms. The van der Waals surface area contributed by atoms with Crippen LogP contribution < -0.4 is 0 Å². The Kier molecular flexibility index (Phi) is 2.53. The van der Waals surface area contributed by atoms with Gasteiger partial charge >= 0.3 is 0 Å². The van der Waals surface area contributed by atoms with Crippen LogP contribution in [0.1, 0.15) is 47.0 Å². The zero-order valence-electron chi connectivity index (χ0n) is 8.85. The second-order valence-corrected chi connectivity index (χ2v) is 4.89. The van der Waals surface area contributed by atoms with Crippen molar-refractivity contribution in [2.75, 3.05) is 6.61 Å². The SMILES string of the molecule is CCC(CC)C1(CO)CC1(C)C. The summed E-state index contributed by atoms with van der Waals surface area (Å²) in [5, 5.41) is 9.42. The first-order chi connectivity index (χ1) is 5.54. The van der Waals surface area contributed by atoms with Gasteiger partial charge in [-0.3, -0.25) is 0 Å². The van der Waals surface area contributed by atoms with E-state index in [0.717, 1.165) is 5.92 Å². The maximum absolute atomic E-state index is 9.42. The van der Waals surface area contributed by atoms with Crippen LogP contribution in [0, 0.1) is 16.7 Å². The lowest BCUT2D eigenvalue weighted by atomic mass is 9.80. The second-order valence-electron chi connectivity index (χ2n) is 4.89. The van der Waals surface area contributed by atoms with Crippen molar-refractivity contribution < 1.29 is 5.11 Å². The monoisotopic (exact) mass is 170 g/mol. The molecule has 1 saturated carbocycles. The van der Waals surface area contributed by atoms with E-state index >= 15 is 0 Å². The Labute approximate surface area is 76.2 Å². The average Bonchev–Trinajstić information content (AvgIpc) is 2.58. The van der Waals surface area contributed by atoms with Crippen molar-refractivity contribution in [2.24, 2.45) is 16.7 Å². The van der Waals surface area contributed by atoms with E-state index in [2.05, 4.69) is 27.7 Å². The van der Waals surface area contributed by atoms with E-state index in [1.54, 1.807) is 0 Å². The molecule has 1 N–H and O–H groups in total. The van der Waals surface area contributed by atoms with Gasteiger partial charge < -0.3 is 5.11 Å². The van der Waals surface area contributed by atoms with Crippen molar-refractivity contribution in [3.05, 3.63) is 0 Å². The van der Waals surface area contributed by atoms with E-state index in [9.17, 15) is 5.11 Å². The summed E-state index contributed by atoms with van der Waals surface area (Å²) in [5.41, 5.74) is 0.648. The molecule has 0 aromatic rings. The molecule has 0 heterocycles. The van der Waals surface area contributed by atoms with Gasteiger partial charge in [0.1, 0.15) is 0 Å². The summed E-state index contributed by atoms with van der Waals surface area (Å²) in [6.07, 6.45) is 3.63. The van der Waals surface area contributed by atoms with Gasteiger partial charge in [0.15, 0.2) is 0 Å². The zero-order chi connectivity index (χ0) is 9.41. The Morgan fingerprint density at radius 3 is 1.75 bits per heavy atom. The Hall–Kier alpha value is -0.0400. The van der Waals surface area contributed by atoms with E-state index in [1.807, 2.05) is 0 Å². The minimum Gasteiger partial charge on any atom is -0.396 e. The van der Waals surface area contributed by atoms with Crippen molar-refractivity contribution in [3.8, 4) is 0 Å². The summed E-state index contributed by atoms with van der Waals surface area (Å²) in [4.78, 5) is 0. The van der Waals surface area contributed by atoms with Gasteiger partial charge in [-0.1, -0.05) is 40.5 Å². The summed E-state index contributed by atoms with van der Waals surface area (Å²) >= 11 is 0. The summed E-state index contributed by atoms with van der Waals surface area (Å²) in [6, 6.07) is 0. The van der Waals surface area contributed by atoms with Crippen molar-refractivity contribution in [1.82, 2.24) is 0 Å². The first kappa shape index (κ1) is 10.0. The standard InChI is InChI=1S/C11H22O/c1-5-9(6-2)11(8-12)7-10(11,3)4/h9,12H,5-8H2,1-4H3. The highest BCUT2D eigenvalue weighted by Gasteiger charge is 2.63. The summed E-state index contributed by atoms with van der Waals surface area (Å²) < 4.78 is 0. The topological polar surface area (TPSA) is 20.2 Å². The summed E-state index contributed by atoms with van der Waals surface area (Å²) in [6.45, 7) is 9.41. The Balaban J connectivity index is 2.70. The fourth-order valence-electron chi connectivity index (χ4n) is 2.91. The van der Waals surface area contributed by atoms with Gasteiger partial charge in [0.2, 0.25) is 0 Å². The molecule has 72 valence electrons. The van der Waals surface area contributed by atoms with Crippen LogP contribution in [-0.2, 0) is 0 Å². The van der Waals surface area contributed by atoms with Crippen molar-refractivity contribution >= 4 is 0 Å². The Bertz CT molecular complexity index is 158. The molecule has 0 aromatic carbocycles. The molecule has 1 atom stereocenters. The number of rotatable bonds is 4. The molecule has 1 aliphatic carbocycles. The van der Waals surface area contributed by atoms with Crippen LogP contribution >= 0.6 is 0 Å². The van der Waals surface area contributed by atoms with Crippen LogP contribution in [0.5, 0.6) is 0 Å². The van der Waals surface area contributed by atoms with Gasteiger partial charge in [0.05, 0.1) is 0 Å². The average molecular weight is 170 g/mol. The molecule has 1 nitrogen and oxygen atoms in total. The van der Waals surface area contributed by atoms with E-state index in [-0.39, 0.29) is 5.41 Å². The van der Waals surface area contributed by atoms with Crippen LogP contribution in [0.2, 0.25) is 0 Å². The van der Waals surface area contributed by atoms with Crippen molar-refractivity contribution in [2.45, 2.75) is 47.0 Å². The van der Waals surface area contributed by atoms with Crippen molar-refractivity contribution in [3.63, 3.8) is 0 Å². The smallest absolute Gasteiger partial charge is 0.0495 e. The fourth-order valence-corrected chi connectivity index (χ4v) is 2.91. The normalized spacial score (nSPS) is 32.5. The molecule has 0 spiro atoms. The van der Waals surface area contributed by atoms with E-state index in [4.69, 9.17) is 0 Å². The van der Waals surface area contributed by atoms with Gasteiger partial charge in [-0.15, -0.1) is 0 Å². The van der Waals surface area contributed by atoms with E-state index in [1.165, 1.54) is 19.3 Å². The number of aliphatic hydroxyl groups excluding tert-OH is 1. The lowest BCUT2D eigenvalue weighted by Gasteiger charge is -2.26. The third-order valence-corrected chi connectivity index (χ3v) is 4.03. The fraction of sp³-hybridized carbons (Fsp3) is 1.00. The number of aliphatic hydroxyl groups is 1. The number of hydrogen-bond donors (Lipinski definition) is 1. The van der Waals surface area contributed by atoms with Gasteiger partial charge in [-0.2, -0.15) is 0 Å². The largest absolute Gasteiger partial charge is 0.396 e. The highest BCUT2D eigenvalue weighted by atomic mass is 16.3. The zero-order valence-corrected chi connectivity index (χ0v) is 8.85. The maximum atomic E-state index is 9.42. The Morgan fingerprint density at radius 1 is 1.25 bits per heavy atom. The highest BCUT2D eigenvalue weighted by molar-refractivity contribution is 5.11. The quantitative estimate of drug-likeness (QED) is 0.688. The minimum atomic E-state index is 0.260. The molecular weight excluding hydrogens is 148 g/mol. The lowest BCUT2D eigenvalue weighted by Crippen LogP contribution is -2.24. The first-order valence-corrected chi connectivity index (χ1v) is 5.15. The third-order valence-electron chi connectivity index (χ3n) is 4.03. The molecule has 0 aromatic heterocycles. The van der Waals surface area contributed by atoms with Gasteiger partial charge in [0, 0.05) is 12.0 Å². The molecule has 1 unspecified atom stereocenters. The minimum absolute atomic E-state index is 0.260. The van der Waals surface area contributed by atoms with Crippen LogP contribution in [0.4, 0.5) is 0 Å². The first-order valence-electron chi connectivity index (χ1n) is 5.15. The van der Waals surface area contributed by atoms with Crippen LogP contribution in [-0.4, -0.2) is 11.7 Å². The predicted octanol–water partition coefficient (Wildman–Crippen LogP) is 2.83. The molecule has 0 saturated heterocycles. The predicted molar refractivity (Wildman–Crippen MR) is 52.0 cm³/mol. The molecule has 12 heavy (non-hydrogen) atoms. The molecule has 0 radical (unpaired) electrons. The van der Waals surface area contributed by atoms with Crippen LogP contribution in [0.15, 0.2) is 0 Å². The van der Waals surface area contributed by atoms with Gasteiger partial charge in [-0.25, -0.2) is 0 Å².